The SMILES string of the molecule is COc1cc(N2CCC3(CC2)OCCO3)c(-c2cnn(C)c2)cc1[N+](=O)[O-]. The van der Waals surface area contributed by atoms with E-state index in [1.807, 2.05) is 13.2 Å². The number of aryl methyl sites for hydroxylation is 1. The maximum Gasteiger partial charge on any atom is 0.311 e. The number of ether oxygens (including phenoxy) is 3. The van der Waals surface area contributed by atoms with Crippen LogP contribution in [0.3, 0.4) is 0 Å². The van der Waals surface area contributed by atoms with E-state index in [2.05, 4.69) is 10.00 Å². The molecule has 0 saturated carbocycles. The third kappa shape index (κ3) is 3.24. The van der Waals surface area contributed by atoms with Crippen molar-refractivity contribution in [3.05, 3.63) is 34.6 Å². The number of hydrogen-bond donors (Lipinski definition) is 0. The van der Waals surface area contributed by atoms with Crippen LogP contribution in [0, 0.1) is 10.1 Å². The minimum atomic E-state index is -0.476. The average Bonchev–Trinajstić information content (AvgIpc) is 3.30. The molecule has 27 heavy (non-hydrogen) atoms. The predicted octanol–water partition coefficient (Wildman–Crippen LogP) is 2.35. The van der Waals surface area contributed by atoms with E-state index in [0.717, 1.165) is 42.7 Å². The highest BCUT2D eigenvalue weighted by atomic mass is 16.7. The standard InChI is InChI=1S/C18H22N4O5/c1-20-12-13(11-19-20)14-9-16(22(23)24)17(25-2)10-15(14)21-5-3-18(4-6-21)26-7-8-27-18/h9-12H,3-8H2,1-2H3. The monoisotopic (exact) mass is 374 g/mol. The lowest BCUT2D eigenvalue weighted by Gasteiger charge is -2.39. The van der Waals surface area contributed by atoms with Crippen LogP contribution in [0.1, 0.15) is 12.8 Å². The molecule has 2 aliphatic rings. The van der Waals surface area contributed by atoms with Crippen molar-refractivity contribution >= 4 is 11.4 Å². The Bertz CT molecular complexity index is 849. The van der Waals surface area contributed by atoms with E-state index in [1.54, 1.807) is 23.0 Å². The highest BCUT2D eigenvalue weighted by molar-refractivity contribution is 5.82. The van der Waals surface area contributed by atoms with Gasteiger partial charge >= 0.3 is 5.69 Å². The van der Waals surface area contributed by atoms with Crippen molar-refractivity contribution in [2.24, 2.45) is 7.05 Å². The number of benzene rings is 1. The van der Waals surface area contributed by atoms with E-state index in [0.29, 0.717) is 13.2 Å². The molecule has 1 aromatic carbocycles. The Hall–Kier alpha value is -2.65. The van der Waals surface area contributed by atoms with Crippen LogP contribution in [0.4, 0.5) is 11.4 Å². The Morgan fingerprint density at radius 3 is 2.52 bits per heavy atom. The minimum Gasteiger partial charge on any atom is -0.490 e. The number of nitro benzene ring substituents is 1. The Morgan fingerprint density at radius 1 is 1.26 bits per heavy atom. The second-order valence-corrected chi connectivity index (χ2v) is 6.80. The van der Waals surface area contributed by atoms with Crippen LogP contribution < -0.4 is 9.64 Å². The van der Waals surface area contributed by atoms with Crippen LogP contribution in [-0.4, -0.2) is 53.9 Å². The summed E-state index contributed by atoms with van der Waals surface area (Å²) in [5.41, 5.74) is 2.42. The zero-order valence-electron chi connectivity index (χ0n) is 15.4. The molecule has 4 rings (SSSR count). The summed E-state index contributed by atoms with van der Waals surface area (Å²) >= 11 is 0. The number of nitro groups is 1. The number of methoxy groups -OCH3 is 1. The first-order valence-electron chi connectivity index (χ1n) is 8.90. The molecular weight excluding hydrogens is 352 g/mol. The number of hydrogen-bond acceptors (Lipinski definition) is 7. The highest BCUT2D eigenvalue weighted by Crippen LogP contribution is 2.42. The molecule has 1 aromatic heterocycles. The van der Waals surface area contributed by atoms with Crippen molar-refractivity contribution in [3.63, 3.8) is 0 Å². The van der Waals surface area contributed by atoms with Crippen LogP contribution in [0.2, 0.25) is 0 Å². The van der Waals surface area contributed by atoms with Gasteiger partial charge in [-0.2, -0.15) is 5.10 Å². The maximum atomic E-state index is 11.5. The molecule has 0 unspecified atom stereocenters. The second kappa shape index (κ2) is 6.82. The van der Waals surface area contributed by atoms with Crippen molar-refractivity contribution in [2.75, 3.05) is 38.3 Å². The van der Waals surface area contributed by atoms with Crippen molar-refractivity contribution in [2.45, 2.75) is 18.6 Å². The molecule has 2 aromatic rings. The molecule has 2 fully saturated rings. The first kappa shape index (κ1) is 17.7. The van der Waals surface area contributed by atoms with Crippen molar-refractivity contribution in [1.29, 1.82) is 0 Å². The summed E-state index contributed by atoms with van der Waals surface area (Å²) in [4.78, 5) is 13.3. The number of nitrogens with zero attached hydrogens (tertiary/aromatic N) is 4. The minimum absolute atomic E-state index is 0.0592. The van der Waals surface area contributed by atoms with Crippen LogP contribution in [0.5, 0.6) is 5.75 Å². The second-order valence-electron chi connectivity index (χ2n) is 6.80. The Labute approximate surface area is 156 Å². The van der Waals surface area contributed by atoms with Gasteiger partial charge in [0.1, 0.15) is 0 Å². The first-order chi connectivity index (χ1) is 13.0. The van der Waals surface area contributed by atoms with Gasteiger partial charge in [0.15, 0.2) is 11.5 Å². The van der Waals surface area contributed by atoms with Crippen molar-refractivity contribution < 1.29 is 19.1 Å². The molecule has 2 aliphatic heterocycles. The van der Waals surface area contributed by atoms with Gasteiger partial charge in [0.05, 0.1) is 31.4 Å². The van der Waals surface area contributed by atoms with Crippen LogP contribution in [0.15, 0.2) is 24.5 Å². The molecule has 0 N–H and O–H groups in total. The lowest BCUT2D eigenvalue weighted by molar-refractivity contribution is -0.385. The number of rotatable bonds is 4. The smallest absolute Gasteiger partial charge is 0.311 e. The predicted molar refractivity (Wildman–Crippen MR) is 97.9 cm³/mol. The Kier molecular flexibility index (Phi) is 4.48. The van der Waals surface area contributed by atoms with E-state index >= 15 is 0 Å². The van der Waals surface area contributed by atoms with Gasteiger partial charge in [0, 0.05) is 68.1 Å². The van der Waals surface area contributed by atoms with Gasteiger partial charge in [-0.1, -0.05) is 0 Å². The molecule has 1 spiro atoms. The summed E-state index contributed by atoms with van der Waals surface area (Å²) in [5, 5.41) is 15.7. The fourth-order valence-electron chi connectivity index (χ4n) is 3.79. The molecule has 0 aliphatic carbocycles. The first-order valence-corrected chi connectivity index (χ1v) is 8.90. The molecule has 0 radical (unpaired) electrons. The van der Waals surface area contributed by atoms with E-state index in [1.165, 1.54) is 7.11 Å². The summed E-state index contributed by atoms with van der Waals surface area (Å²) in [7, 11) is 3.27. The summed E-state index contributed by atoms with van der Waals surface area (Å²) < 4.78 is 18.6. The molecule has 0 atom stereocenters. The van der Waals surface area contributed by atoms with E-state index < -0.39 is 10.7 Å². The molecule has 3 heterocycles. The normalized spacial score (nSPS) is 18.8. The molecule has 2 saturated heterocycles. The summed E-state index contributed by atoms with van der Waals surface area (Å²) in [6.45, 7) is 2.72. The largest absolute Gasteiger partial charge is 0.490 e. The van der Waals surface area contributed by atoms with Gasteiger partial charge < -0.3 is 19.1 Å². The Balaban J connectivity index is 1.73. The van der Waals surface area contributed by atoms with Gasteiger partial charge in [-0.05, 0) is 0 Å². The summed E-state index contributed by atoms with van der Waals surface area (Å²) in [6.07, 6.45) is 5.06. The third-order valence-corrected chi connectivity index (χ3v) is 5.19. The summed E-state index contributed by atoms with van der Waals surface area (Å²) in [5.74, 6) is -0.230. The maximum absolute atomic E-state index is 11.5. The molecular formula is C18H22N4O5. The van der Waals surface area contributed by atoms with Gasteiger partial charge in [-0.3, -0.25) is 14.8 Å². The molecule has 9 heteroatoms. The third-order valence-electron chi connectivity index (χ3n) is 5.19. The fraction of sp³-hybridized carbons (Fsp3) is 0.500. The topological polar surface area (TPSA) is 91.9 Å². The summed E-state index contributed by atoms with van der Waals surface area (Å²) in [6, 6.07) is 3.31. The van der Waals surface area contributed by atoms with Crippen LogP contribution >= 0.6 is 0 Å². The molecule has 144 valence electrons. The van der Waals surface area contributed by atoms with Gasteiger partial charge in [-0.15, -0.1) is 0 Å². The van der Waals surface area contributed by atoms with Crippen molar-refractivity contribution in [1.82, 2.24) is 9.78 Å². The lowest BCUT2D eigenvalue weighted by Crippen LogP contribution is -2.45. The van der Waals surface area contributed by atoms with Crippen LogP contribution in [-0.2, 0) is 16.5 Å². The zero-order valence-corrected chi connectivity index (χ0v) is 15.4. The van der Waals surface area contributed by atoms with E-state index in [4.69, 9.17) is 14.2 Å². The quantitative estimate of drug-likeness (QED) is 0.599. The van der Waals surface area contributed by atoms with E-state index in [-0.39, 0.29) is 11.4 Å². The van der Waals surface area contributed by atoms with Crippen molar-refractivity contribution in [3.8, 4) is 16.9 Å². The Morgan fingerprint density at radius 2 is 1.96 bits per heavy atom. The van der Waals surface area contributed by atoms with E-state index in [9.17, 15) is 10.1 Å². The average molecular weight is 374 g/mol. The molecule has 9 nitrogen and oxygen atoms in total. The number of aromatic nitrogens is 2. The van der Waals surface area contributed by atoms with Gasteiger partial charge in [0.25, 0.3) is 0 Å². The molecule has 0 bridgehead atoms. The van der Waals surface area contributed by atoms with Crippen LogP contribution in [0.25, 0.3) is 11.1 Å². The number of piperidine rings is 1. The fourth-order valence-corrected chi connectivity index (χ4v) is 3.79. The van der Waals surface area contributed by atoms with Gasteiger partial charge in [0.2, 0.25) is 0 Å². The van der Waals surface area contributed by atoms with Gasteiger partial charge in [-0.25, -0.2) is 0 Å². The number of anilines is 1. The lowest BCUT2D eigenvalue weighted by atomic mass is 9.99. The molecule has 0 amide bonds. The highest BCUT2D eigenvalue weighted by Gasteiger charge is 2.40. The zero-order chi connectivity index (χ0) is 19.0.